The molecule has 2 atom stereocenters. The third kappa shape index (κ3) is 3.19. The number of morpholine rings is 1. The zero-order valence-electron chi connectivity index (χ0n) is 14.9. The zero-order valence-corrected chi connectivity index (χ0v) is 14.9. The second-order valence-electron chi connectivity index (χ2n) is 7.01. The summed E-state index contributed by atoms with van der Waals surface area (Å²) in [7, 11) is 0. The number of halogens is 1. The minimum absolute atomic E-state index is 0.0315. The first-order valence-corrected chi connectivity index (χ1v) is 9.14. The molecule has 2 aromatic carbocycles. The third-order valence-corrected chi connectivity index (χ3v) is 5.23. The Morgan fingerprint density at radius 1 is 1.12 bits per heavy atom. The first kappa shape index (κ1) is 17.0. The van der Waals surface area contributed by atoms with Crippen LogP contribution in [0.5, 0.6) is 0 Å². The molecule has 2 aliphatic rings. The van der Waals surface area contributed by atoms with Crippen molar-refractivity contribution >= 4 is 6.03 Å². The standard InChI is InChI=1S/C21H23FN2O2/c1-15-14-23(12-13-26-15)21(25)24-11-10-16-4-2-3-5-19(16)20(24)17-6-8-18(22)9-7-17/h2-9,15,20H,10-14H2,1H3/t15-,20-/m0/s1. The van der Waals surface area contributed by atoms with Crippen LogP contribution >= 0.6 is 0 Å². The Balaban J connectivity index is 1.71. The van der Waals surface area contributed by atoms with Gasteiger partial charge in [-0.1, -0.05) is 36.4 Å². The van der Waals surface area contributed by atoms with E-state index in [1.165, 1.54) is 17.7 Å². The second kappa shape index (κ2) is 7.08. The molecule has 2 aromatic rings. The Bertz CT molecular complexity index is 793. The highest BCUT2D eigenvalue weighted by molar-refractivity contribution is 5.76. The van der Waals surface area contributed by atoms with Crippen LogP contribution in [-0.2, 0) is 11.2 Å². The highest BCUT2D eigenvalue weighted by Crippen LogP contribution is 2.36. The fourth-order valence-electron chi connectivity index (χ4n) is 3.95. The first-order valence-electron chi connectivity index (χ1n) is 9.14. The van der Waals surface area contributed by atoms with E-state index in [0.29, 0.717) is 26.2 Å². The van der Waals surface area contributed by atoms with Crippen LogP contribution in [-0.4, -0.2) is 48.2 Å². The molecule has 2 amide bonds. The smallest absolute Gasteiger partial charge is 0.320 e. The summed E-state index contributed by atoms with van der Waals surface area (Å²) in [6, 6.07) is 14.6. The summed E-state index contributed by atoms with van der Waals surface area (Å²) in [5.41, 5.74) is 3.31. The van der Waals surface area contributed by atoms with E-state index in [-0.39, 0.29) is 24.0 Å². The molecule has 0 aromatic heterocycles. The van der Waals surface area contributed by atoms with Gasteiger partial charge in [0.25, 0.3) is 0 Å². The van der Waals surface area contributed by atoms with Gasteiger partial charge in [0.2, 0.25) is 0 Å². The molecule has 5 heteroatoms. The van der Waals surface area contributed by atoms with Crippen LogP contribution in [0.1, 0.15) is 29.7 Å². The van der Waals surface area contributed by atoms with Gasteiger partial charge in [0.1, 0.15) is 5.82 Å². The van der Waals surface area contributed by atoms with Gasteiger partial charge in [-0.15, -0.1) is 0 Å². The van der Waals surface area contributed by atoms with Gasteiger partial charge in [-0.05, 0) is 42.2 Å². The molecule has 1 fully saturated rings. The number of fused-ring (bicyclic) bond motifs is 1. The van der Waals surface area contributed by atoms with Crippen molar-refractivity contribution < 1.29 is 13.9 Å². The third-order valence-electron chi connectivity index (χ3n) is 5.23. The molecule has 2 aliphatic heterocycles. The summed E-state index contributed by atoms with van der Waals surface area (Å²) < 4.78 is 19.0. The van der Waals surface area contributed by atoms with Gasteiger partial charge >= 0.3 is 6.03 Å². The average Bonchev–Trinajstić information content (AvgIpc) is 2.67. The van der Waals surface area contributed by atoms with Gasteiger partial charge in [0, 0.05) is 19.6 Å². The molecule has 0 N–H and O–H groups in total. The number of benzene rings is 2. The number of hydrogen-bond acceptors (Lipinski definition) is 2. The van der Waals surface area contributed by atoms with Crippen LogP contribution in [0.3, 0.4) is 0 Å². The molecular weight excluding hydrogens is 331 g/mol. The monoisotopic (exact) mass is 354 g/mol. The van der Waals surface area contributed by atoms with Crippen molar-refractivity contribution in [2.24, 2.45) is 0 Å². The minimum atomic E-state index is -0.266. The maximum absolute atomic E-state index is 13.4. The lowest BCUT2D eigenvalue weighted by molar-refractivity contribution is -0.0108. The number of carbonyl (C=O) groups excluding carboxylic acids is 1. The van der Waals surface area contributed by atoms with Crippen molar-refractivity contribution in [3.8, 4) is 0 Å². The lowest BCUT2D eigenvalue weighted by atomic mass is 9.88. The summed E-state index contributed by atoms with van der Waals surface area (Å²) in [6.45, 7) is 4.43. The van der Waals surface area contributed by atoms with Crippen molar-refractivity contribution in [2.75, 3.05) is 26.2 Å². The maximum atomic E-state index is 13.4. The first-order chi connectivity index (χ1) is 12.6. The van der Waals surface area contributed by atoms with Crippen LogP contribution in [0.4, 0.5) is 9.18 Å². The molecule has 2 heterocycles. The van der Waals surface area contributed by atoms with E-state index in [1.54, 1.807) is 12.1 Å². The van der Waals surface area contributed by atoms with Crippen molar-refractivity contribution in [2.45, 2.75) is 25.5 Å². The van der Waals surface area contributed by atoms with Gasteiger partial charge in [0.05, 0.1) is 18.8 Å². The van der Waals surface area contributed by atoms with E-state index in [1.807, 2.05) is 28.9 Å². The molecule has 4 nitrogen and oxygen atoms in total. The molecule has 1 saturated heterocycles. The summed E-state index contributed by atoms with van der Waals surface area (Å²) in [5, 5.41) is 0. The van der Waals surface area contributed by atoms with Crippen molar-refractivity contribution in [3.05, 3.63) is 71.0 Å². The lowest BCUT2D eigenvalue weighted by Crippen LogP contribution is -2.52. The summed E-state index contributed by atoms with van der Waals surface area (Å²) in [4.78, 5) is 17.1. The average molecular weight is 354 g/mol. The van der Waals surface area contributed by atoms with E-state index in [2.05, 4.69) is 12.1 Å². The molecule has 0 aliphatic carbocycles. The molecule has 0 saturated carbocycles. The Labute approximate surface area is 153 Å². The van der Waals surface area contributed by atoms with Gasteiger partial charge in [0.15, 0.2) is 0 Å². The fraction of sp³-hybridized carbons (Fsp3) is 0.381. The predicted molar refractivity (Wildman–Crippen MR) is 97.5 cm³/mol. The summed E-state index contributed by atoms with van der Waals surface area (Å²) in [5.74, 6) is -0.266. The normalized spacial score (nSPS) is 22.8. The van der Waals surface area contributed by atoms with Crippen LogP contribution in [0.2, 0.25) is 0 Å². The Kier molecular flexibility index (Phi) is 4.64. The number of nitrogens with zero attached hydrogens (tertiary/aromatic N) is 2. The highest BCUT2D eigenvalue weighted by Gasteiger charge is 2.35. The van der Waals surface area contributed by atoms with Crippen LogP contribution < -0.4 is 0 Å². The van der Waals surface area contributed by atoms with Gasteiger partial charge in [-0.25, -0.2) is 9.18 Å². The zero-order chi connectivity index (χ0) is 18.1. The SMILES string of the molecule is C[C@H]1CN(C(=O)N2CCc3ccccc3[C@@H]2c2ccc(F)cc2)CCO1. The Morgan fingerprint density at radius 3 is 2.65 bits per heavy atom. The maximum Gasteiger partial charge on any atom is 0.320 e. The molecule has 26 heavy (non-hydrogen) atoms. The van der Waals surface area contributed by atoms with E-state index in [9.17, 15) is 9.18 Å². The van der Waals surface area contributed by atoms with E-state index in [0.717, 1.165) is 17.5 Å². The van der Waals surface area contributed by atoms with Crippen LogP contribution in [0, 0.1) is 5.82 Å². The van der Waals surface area contributed by atoms with E-state index in [4.69, 9.17) is 4.74 Å². The Hall–Kier alpha value is -2.40. The number of ether oxygens (including phenoxy) is 1. The fourth-order valence-corrected chi connectivity index (χ4v) is 3.95. The van der Waals surface area contributed by atoms with Gasteiger partial charge in [-0.3, -0.25) is 0 Å². The summed E-state index contributed by atoms with van der Waals surface area (Å²) in [6.07, 6.45) is 0.883. The largest absolute Gasteiger partial charge is 0.375 e. The van der Waals surface area contributed by atoms with Crippen molar-refractivity contribution in [1.29, 1.82) is 0 Å². The number of amides is 2. The van der Waals surface area contributed by atoms with E-state index < -0.39 is 0 Å². The lowest BCUT2D eigenvalue weighted by Gasteiger charge is -2.42. The number of rotatable bonds is 1. The number of carbonyl (C=O) groups is 1. The number of urea groups is 1. The summed E-state index contributed by atoms with van der Waals surface area (Å²) >= 11 is 0. The molecule has 0 unspecified atom stereocenters. The molecule has 0 spiro atoms. The predicted octanol–water partition coefficient (Wildman–Crippen LogP) is 3.61. The van der Waals surface area contributed by atoms with Crippen LogP contribution in [0.25, 0.3) is 0 Å². The second-order valence-corrected chi connectivity index (χ2v) is 7.01. The molecular formula is C21H23FN2O2. The number of hydrogen-bond donors (Lipinski definition) is 0. The molecule has 4 rings (SSSR count). The highest BCUT2D eigenvalue weighted by atomic mass is 19.1. The molecule has 136 valence electrons. The Morgan fingerprint density at radius 2 is 1.88 bits per heavy atom. The molecule has 0 radical (unpaired) electrons. The van der Waals surface area contributed by atoms with Gasteiger partial charge in [-0.2, -0.15) is 0 Å². The van der Waals surface area contributed by atoms with Gasteiger partial charge < -0.3 is 14.5 Å². The van der Waals surface area contributed by atoms with E-state index >= 15 is 0 Å². The topological polar surface area (TPSA) is 32.8 Å². The minimum Gasteiger partial charge on any atom is -0.375 e. The van der Waals surface area contributed by atoms with Crippen molar-refractivity contribution in [1.82, 2.24) is 9.80 Å². The van der Waals surface area contributed by atoms with Crippen LogP contribution in [0.15, 0.2) is 48.5 Å². The van der Waals surface area contributed by atoms with Crippen molar-refractivity contribution in [3.63, 3.8) is 0 Å². The molecule has 0 bridgehead atoms. The quantitative estimate of drug-likeness (QED) is 0.784.